The van der Waals surface area contributed by atoms with E-state index in [4.69, 9.17) is 32.8 Å². The maximum Gasteiger partial charge on any atom is 0.239 e. The molecule has 0 saturated heterocycles. The molecular formula is C21H20O8. The summed E-state index contributed by atoms with van der Waals surface area (Å²) in [6, 6.07) is 5.47. The summed E-state index contributed by atoms with van der Waals surface area (Å²) >= 11 is 0. The number of hydrogen-bond donors (Lipinski definition) is 0. The van der Waals surface area contributed by atoms with Crippen molar-refractivity contribution in [3.05, 3.63) is 34.0 Å². The zero-order valence-corrected chi connectivity index (χ0v) is 16.7. The van der Waals surface area contributed by atoms with Gasteiger partial charge in [-0.05, 0) is 18.2 Å². The van der Waals surface area contributed by atoms with Gasteiger partial charge in [0.05, 0.1) is 35.5 Å². The Morgan fingerprint density at radius 3 is 2.10 bits per heavy atom. The molecule has 0 radical (unpaired) electrons. The first-order valence-corrected chi connectivity index (χ1v) is 8.76. The Morgan fingerprint density at radius 2 is 1.48 bits per heavy atom. The smallest absolute Gasteiger partial charge is 0.239 e. The topological polar surface area (TPSA) is 85.6 Å². The minimum absolute atomic E-state index is 0.0998. The highest BCUT2D eigenvalue weighted by atomic mass is 16.5. The lowest BCUT2D eigenvalue weighted by molar-refractivity contribution is 0.286. The minimum atomic E-state index is -0.390. The van der Waals surface area contributed by atoms with Crippen LogP contribution in [0.4, 0.5) is 0 Å². The quantitative estimate of drug-likeness (QED) is 0.644. The van der Waals surface area contributed by atoms with Crippen molar-refractivity contribution in [2.24, 2.45) is 0 Å². The third-order valence-corrected chi connectivity index (χ3v) is 4.87. The van der Waals surface area contributed by atoms with Gasteiger partial charge in [0, 0.05) is 11.1 Å². The largest absolute Gasteiger partial charge is 0.497 e. The van der Waals surface area contributed by atoms with E-state index in [1.807, 2.05) is 12.1 Å². The van der Waals surface area contributed by atoms with Crippen LogP contribution in [0.5, 0.6) is 34.5 Å². The molecule has 2 heterocycles. The third-order valence-electron chi connectivity index (χ3n) is 4.87. The molecule has 1 aliphatic rings. The molecule has 2 aromatic carbocycles. The summed E-state index contributed by atoms with van der Waals surface area (Å²) in [6.07, 6.45) is 0. The zero-order valence-electron chi connectivity index (χ0n) is 16.7. The Balaban J connectivity index is 2.14. The lowest BCUT2D eigenvalue weighted by Gasteiger charge is -2.22. The van der Waals surface area contributed by atoms with E-state index in [9.17, 15) is 4.79 Å². The van der Waals surface area contributed by atoms with Gasteiger partial charge in [-0.15, -0.1) is 0 Å². The van der Waals surface area contributed by atoms with Crippen molar-refractivity contribution in [2.75, 3.05) is 35.5 Å². The van der Waals surface area contributed by atoms with E-state index in [0.29, 0.717) is 11.5 Å². The molecule has 8 heteroatoms. The Labute approximate surface area is 166 Å². The second-order valence-corrected chi connectivity index (χ2v) is 6.24. The molecule has 0 atom stereocenters. The van der Waals surface area contributed by atoms with E-state index in [1.54, 1.807) is 13.2 Å². The first-order chi connectivity index (χ1) is 14.1. The third kappa shape index (κ3) is 2.63. The van der Waals surface area contributed by atoms with Crippen molar-refractivity contribution >= 4 is 11.0 Å². The molecule has 4 rings (SSSR count). The predicted molar refractivity (Wildman–Crippen MR) is 105 cm³/mol. The van der Waals surface area contributed by atoms with Crippen LogP contribution >= 0.6 is 0 Å². The molecule has 152 valence electrons. The molecule has 1 aromatic heterocycles. The summed E-state index contributed by atoms with van der Waals surface area (Å²) in [5, 5.41) is 0.151. The van der Waals surface area contributed by atoms with Gasteiger partial charge in [-0.3, -0.25) is 4.79 Å². The molecule has 0 fully saturated rings. The van der Waals surface area contributed by atoms with Gasteiger partial charge in [0.2, 0.25) is 28.4 Å². The van der Waals surface area contributed by atoms with Gasteiger partial charge >= 0.3 is 0 Å². The van der Waals surface area contributed by atoms with E-state index in [0.717, 1.165) is 11.1 Å². The van der Waals surface area contributed by atoms with E-state index in [-0.39, 0.29) is 51.8 Å². The van der Waals surface area contributed by atoms with Crippen LogP contribution < -0.4 is 33.8 Å². The predicted octanol–water partition coefficient (Wildman–Crippen LogP) is 3.40. The Kier molecular flexibility index (Phi) is 4.62. The lowest BCUT2D eigenvalue weighted by atomic mass is 10.0. The molecular weight excluding hydrogens is 380 g/mol. The summed E-state index contributed by atoms with van der Waals surface area (Å²) in [5.74, 6) is 1.98. The number of fused-ring (bicyclic) bond motifs is 4. The van der Waals surface area contributed by atoms with Crippen molar-refractivity contribution in [1.29, 1.82) is 0 Å². The second-order valence-electron chi connectivity index (χ2n) is 6.24. The molecule has 3 aromatic rings. The number of benzene rings is 2. The van der Waals surface area contributed by atoms with Gasteiger partial charge in [-0.2, -0.15) is 0 Å². The van der Waals surface area contributed by atoms with Gasteiger partial charge in [0.15, 0.2) is 17.1 Å². The van der Waals surface area contributed by atoms with Gasteiger partial charge in [-0.1, -0.05) is 0 Å². The molecule has 0 saturated carbocycles. The maximum absolute atomic E-state index is 13.4. The Bertz CT molecular complexity index is 1160. The molecule has 29 heavy (non-hydrogen) atoms. The summed E-state index contributed by atoms with van der Waals surface area (Å²) in [5.41, 5.74) is 1.37. The SMILES string of the molecule is COc1ccc2c(c1)COc1c-2oc2c(OC)c(OC)c(OC)c(OC)c2c1=O. The number of methoxy groups -OCH3 is 5. The van der Waals surface area contributed by atoms with Crippen molar-refractivity contribution in [3.63, 3.8) is 0 Å². The van der Waals surface area contributed by atoms with Crippen LogP contribution in [0.25, 0.3) is 22.3 Å². The van der Waals surface area contributed by atoms with Crippen LogP contribution in [0, 0.1) is 0 Å². The van der Waals surface area contributed by atoms with Crippen LogP contribution in [0.2, 0.25) is 0 Å². The molecule has 0 N–H and O–H groups in total. The molecule has 8 nitrogen and oxygen atoms in total. The fraction of sp³-hybridized carbons (Fsp3) is 0.286. The van der Waals surface area contributed by atoms with Crippen LogP contribution in [0.15, 0.2) is 27.4 Å². The standard InChI is InChI=1S/C21H20O8/c1-23-11-6-7-12-10(8-11)9-28-18-14(22)13-16(24-2)19(25-3)21(27-5)20(26-4)17(13)29-15(12)18/h6-8H,9H2,1-5H3. The number of hydrogen-bond acceptors (Lipinski definition) is 8. The normalized spacial score (nSPS) is 11.9. The molecule has 0 spiro atoms. The van der Waals surface area contributed by atoms with Crippen molar-refractivity contribution in [1.82, 2.24) is 0 Å². The Hall–Kier alpha value is -3.55. The van der Waals surface area contributed by atoms with Crippen molar-refractivity contribution < 1.29 is 32.8 Å². The van der Waals surface area contributed by atoms with E-state index < -0.39 is 0 Å². The van der Waals surface area contributed by atoms with Gasteiger partial charge in [0.1, 0.15) is 17.7 Å². The fourth-order valence-corrected chi connectivity index (χ4v) is 3.56. The fourth-order valence-electron chi connectivity index (χ4n) is 3.56. The summed E-state index contributed by atoms with van der Waals surface area (Å²) in [4.78, 5) is 13.4. The van der Waals surface area contributed by atoms with Crippen molar-refractivity contribution in [3.8, 4) is 45.8 Å². The molecule has 0 bridgehead atoms. The minimum Gasteiger partial charge on any atom is -0.497 e. The molecule has 0 aliphatic carbocycles. The first-order valence-electron chi connectivity index (χ1n) is 8.76. The van der Waals surface area contributed by atoms with Gasteiger partial charge in [-0.25, -0.2) is 0 Å². The number of rotatable bonds is 5. The summed E-state index contributed by atoms with van der Waals surface area (Å²) in [7, 11) is 7.39. The van der Waals surface area contributed by atoms with Gasteiger partial charge in [0.25, 0.3) is 0 Å². The van der Waals surface area contributed by atoms with Crippen LogP contribution in [-0.4, -0.2) is 35.5 Å². The second kappa shape index (κ2) is 7.12. The first kappa shape index (κ1) is 18.8. The molecule has 0 amide bonds. The van der Waals surface area contributed by atoms with Crippen LogP contribution in [0.3, 0.4) is 0 Å². The van der Waals surface area contributed by atoms with Crippen molar-refractivity contribution in [2.45, 2.75) is 6.61 Å². The van der Waals surface area contributed by atoms with Gasteiger partial charge < -0.3 is 32.8 Å². The Morgan fingerprint density at radius 1 is 0.828 bits per heavy atom. The summed E-state index contributed by atoms with van der Waals surface area (Å²) in [6.45, 7) is 0.211. The maximum atomic E-state index is 13.4. The monoisotopic (exact) mass is 400 g/mol. The highest BCUT2D eigenvalue weighted by Crippen LogP contribution is 2.52. The highest BCUT2D eigenvalue weighted by molar-refractivity contribution is 5.97. The van der Waals surface area contributed by atoms with E-state index in [2.05, 4.69) is 0 Å². The molecule has 1 aliphatic heterocycles. The summed E-state index contributed by atoms with van der Waals surface area (Å²) < 4.78 is 39.1. The lowest BCUT2D eigenvalue weighted by Crippen LogP contribution is -2.16. The highest BCUT2D eigenvalue weighted by Gasteiger charge is 2.32. The molecule has 0 unspecified atom stereocenters. The number of ether oxygens (including phenoxy) is 6. The van der Waals surface area contributed by atoms with E-state index >= 15 is 0 Å². The average molecular weight is 400 g/mol. The van der Waals surface area contributed by atoms with Crippen LogP contribution in [-0.2, 0) is 6.61 Å². The zero-order chi connectivity index (χ0) is 20.7. The van der Waals surface area contributed by atoms with Crippen LogP contribution in [0.1, 0.15) is 5.56 Å². The van der Waals surface area contributed by atoms with E-state index in [1.165, 1.54) is 28.4 Å². The average Bonchev–Trinajstić information content (AvgIpc) is 2.76.